The van der Waals surface area contributed by atoms with Crippen LogP contribution in [0.3, 0.4) is 0 Å². The second kappa shape index (κ2) is 29.3. The summed E-state index contributed by atoms with van der Waals surface area (Å²) in [6, 6.07) is 0. The third kappa shape index (κ3) is 23.3. The Morgan fingerprint density at radius 1 is 0.568 bits per heavy atom. The van der Waals surface area contributed by atoms with E-state index in [0.29, 0.717) is 25.6 Å². The van der Waals surface area contributed by atoms with Crippen molar-refractivity contribution >= 4 is 11.9 Å². The molecule has 0 radical (unpaired) electrons. The molecule has 0 amide bonds. The Labute approximate surface area is 274 Å². The van der Waals surface area contributed by atoms with Gasteiger partial charge in [0.25, 0.3) is 0 Å². The van der Waals surface area contributed by atoms with Gasteiger partial charge in [0.2, 0.25) is 0 Å². The standard InChI is InChI=1S/C39H75NO4/c1-5-8-11-12-13-14-17-22-27-36(34-44-39(42)37-32-40(4)33-37)28-23-18-15-16-19-24-29-38(41)43-31-30-35(25-20-9-6-2)26-21-10-7-3/h35-37H,5-34H2,1-4H3. The molecule has 44 heavy (non-hydrogen) atoms. The molecule has 1 aliphatic rings. The maximum atomic E-state index is 12.4. The van der Waals surface area contributed by atoms with E-state index in [4.69, 9.17) is 9.47 Å². The minimum atomic E-state index is -0.00207. The Kier molecular flexibility index (Phi) is 27.3. The van der Waals surface area contributed by atoms with Crippen molar-refractivity contribution in [3.05, 3.63) is 0 Å². The first-order chi connectivity index (χ1) is 21.5. The first kappa shape index (κ1) is 40.9. The Morgan fingerprint density at radius 2 is 1.00 bits per heavy atom. The SMILES string of the molecule is CCCCCCCCCCC(CCCCCCCCC(=O)OCCC(CCCCC)CCCCC)COC(=O)C1CN(C)C1. The van der Waals surface area contributed by atoms with E-state index in [-0.39, 0.29) is 17.9 Å². The van der Waals surface area contributed by atoms with Crippen LogP contribution in [0, 0.1) is 17.8 Å². The third-order valence-electron chi connectivity index (χ3n) is 9.79. The lowest BCUT2D eigenvalue weighted by Crippen LogP contribution is -2.48. The van der Waals surface area contributed by atoms with Gasteiger partial charge in [-0.15, -0.1) is 0 Å². The molecule has 0 N–H and O–H groups in total. The van der Waals surface area contributed by atoms with Crippen molar-refractivity contribution in [2.45, 2.75) is 188 Å². The van der Waals surface area contributed by atoms with Crippen LogP contribution in [-0.4, -0.2) is 50.2 Å². The smallest absolute Gasteiger partial charge is 0.311 e. The molecule has 0 aromatic rings. The lowest BCUT2D eigenvalue weighted by molar-refractivity contribution is -0.155. The van der Waals surface area contributed by atoms with Gasteiger partial charge in [-0.05, 0) is 44.6 Å². The Hall–Kier alpha value is -1.10. The Morgan fingerprint density at radius 3 is 1.52 bits per heavy atom. The highest BCUT2D eigenvalue weighted by molar-refractivity contribution is 5.74. The maximum Gasteiger partial charge on any atom is 0.311 e. The summed E-state index contributed by atoms with van der Waals surface area (Å²) in [5.74, 6) is 1.32. The fourth-order valence-corrected chi connectivity index (χ4v) is 6.66. The van der Waals surface area contributed by atoms with Crippen molar-refractivity contribution in [1.29, 1.82) is 0 Å². The highest BCUT2D eigenvalue weighted by atomic mass is 16.5. The van der Waals surface area contributed by atoms with Crippen LogP contribution in [0.5, 0.6) is 0 Å². The average Bonchev–Trinajstić information content (AvgIpc) is 3.00. The fraction of sp³-hybridized carbons (Fsp3) is 0.949. The van der Waals surface area contributed by atoms with Crippen LogP contribution in [0.4, 0.5) is 0 Å². The lowest BCUT2D eigenvalue weighted by Gasteiger charge is -2.34. The zero-order valence-corrected chi connectivity index (χ0v) is 30.0. The van der Waals surface area contributed by atoms with Gasteiger partial charge >= 0.3 is 11.9 Å². The molecule has 1 unspecified atom stereocenters. The molecule has 5 heteroatoms. The van der Waals surface area contributed by atoms with E-state index in [1.807, 2.05) is 0 Å². The van der Waals surface area contributed by atoms with Crippen molar-refractivity contribution < 1.29 is 19.1 Å². The molecular formula is C39H75NO4. The molecule has 1 rings (SSSR count). The average molecular weight is 622 g/mol. The van der Waals surface area contributed by atoms with Gasteiger partial charge in [0, 0.05) is 19.5 Å². The molecule has 0 aromatic heterocycles. The van der Waals surface area contributed by atoms with Crippen LogP contribution in [0.15, 0.2) is 0 Å². The number of rotatable bonds is 32. The van der Waals surface area contributed by atoms with Gasteiger partial charge in [-0.25, -0.2) is 0 Å². The summed E-state index contributed by atoms with van der Waals surface area (Å²) in [5, 5.41) is 0. The van der Waals surface area contributed by atoms with Crippen molar-refractivity contribution in [3.63, 3.8) is 0 Å². The first-order valence-electron chi connectivity index (χ1n) is 19.5. The molecule has 0 bridgehead atoms. The summed E-state index contributed by atoms with van der Waals surface area (Å²) in [5.41, 5.74) is 0. The maximum absolute atomic E-state index is 12.4. The zero-order valence-electron chi connectivity index (χ0n) is 30.0. The molecule has 0 spiro atoms. The quantitative estimate of drug-likeness (QED) is 0.0552. The number of carbonyl (C=O) groups is 2. The molecule has 1 saturated heterocycles. The van der Waals surface area contributed by atoms with Crippen molar-refractivity contribution in [1.82, 2.24) is 4.90 Å². The minimum absolute atomic E-state index is 0.00207. The molecule has 1 heterocycles. The first-order valence-corrected chi connectivity index (χ1v) is 19.5. The van der Waals surface area contributed by atoms with Crippen molar-refractivity contribution in [3.8, 4) is 0 Å². The number of esters is 2. The van der Waals surface area contributed by atoms with Crippen LogP contribution in [0.2, 0.25) is 0 Å². The Bertz CT molecular complexity index is 653. The summed E-state index contributed by atoms with van der Waals surface area (Å²) in [7, 11) is 2.06. The van der Waals surface area contributed by atoms with Crippen LogP contribution >= 0.6 is 0 Å². The monoisotopic (exact) mass is 622 g/mol. The van der Waals surface area contributed by atoms with E-state index in [0.717, 1.165) is 38.3 Å². The molecule has 0 saturated carbocycles. The number of carbonyl (C=O) groups excluding carboxylic acids is 2. The van der Waals surface area contributed by atoms with Gasteiger partial charge in [-0.3, -0.25) is 9.59 Å². The normalized spacial score (nSPS) is 14.6. The minimum Gasteiger partial charge on any atom is -0.466 e. The van der Waals surface area contributed by atoms with Gasteiger partial charge in [-0.1, -0.05) is 156 Å². The summed E-state index contributed by atoms with van der Waals surface area (Å²) in [6.07, 6.45) is 32.0. The highest BCUT2D eigenvalue weighted by Gasteiger charge is 2.31. The predicted octanol–water partition coefficient (Wildman–Crippen LogP) is 11.1. The van der Waals surface area contributed by atoms with Gasteiger partial charge in [0.1, 0.15) is 0 Å². The molecular weight excluding hydrogens is 546 g/mol. The van der Waals surface area contributed by atoms with Crippen molar-refractivity contribution in [2.75, 3.05) is 33.4 Å². The fourth-order valence-electron chi connectivity index (χ4n) is 6.66. The second-order valence-corrected chi connectivity index (χ2v) is 14.2. The van der Waals surface area contributed by atoms with Gasteiger partial charge in [0.15, 0.2) is 0 Å². The molecule has 1 atom stereocenters. The van der Waals surface area contributed by atoms with E-state index in [2.05, 4.69) is 32.7 Å². The van der Waals surface area contributed by atoms with Gasteiger partial charge < -0.3 is 14.4 Å². The van der Waals surface area contributed by atoms with Crippen LogP contribution in [0.25, 0.3) is 0 Å². The molecule has 1 aliphatic heterocycles. The number of likely N-dealkylation sites (tertiary alicyclic amines) is 1. The van der Waals surface area contributed by atoms with E-state index in [1.165, 1.54) is 141 Å². The number of nitrogens with zero attached hydrogens (tertiary/aromatic N) is 1. The topological polar surface area (TPSA) is 55.8 Å². The van der Waals surface area contributed by atoms with E-state index < -0.39 is 0 Å². The summed E-state index contributed by atoms with van der Waals surface area (Å²) in [6.45, 7) is 9.70. The van der Waals surface area contributed by atoms with Crippen molar-refractivity contribution in [2.24, 2.45) is 17.8 Å². The lowest BCUT2D eigenvalue weighted by atomic mass is 9.92. The van der Waals surface area contributed by atoms with E-state index >= 15 is 0 Å². The number of ether oxygens (including phenoxy) is 2. The largest absolute Gasteiger partial charge is 0.466 e. The zero-order chi connectivity index (χ0) is 32.1. The van der Waals surface area contributed by atoms with Crippen LogP contribution in [-0.2, 0) is 19.1 Å². The van der Waals surface area contributed by atoms with Crippen LogP contribution < -0.4 is 0 Å². The number of hydrogen-bond donors (Lipinski definition) is 0. The van der Waals surface area contributed by atoms with E-state index in [1.54, 1.807) is 0 Å². The second-order valence-electron chi connectivity index (χ2n) is 14.2. The summed E-state index contributed by atoms with van der Waals surface area (Å²) in [4.78, 5) is 26.9. The highest BCUT2D eigenvalue weighted by Crippen LogP contribution is 2.23. The number of unbranched alkanes of at least 4 members (excludes halogenated alkanes) is 16. The van der Waals surface area contributed by atoms with Gasteiger partial charge in [-0.2, -0.15) is 0 Å². The molecule has 0 aromatic carbocycles. The van der Waals surface area contributed by atoms with E-state index in [9.17, 15) is 9.59 Å². The van der Waals surface area contributed by atoms with Gasteiger partial charge in [0.05, 0.1) is 19.1 Å². The van der Waals surface area contributed by atoms with Crippen LogP contribution in [0.1, 0.15) is 188 Å². The third-order valence-corrected chi connectivity index (χ3v) is 9.79. The Balaban J connectivity index is 2.15. The molecule has 1 fully saturated rings. The molecule has 260 valence electrons. The molecule has 5 nitrogen and oxygen atoms in total. The summed E-state index contributed by atoms with van der Waals surface area (Å²) < 4.78 is 11.4. The summed E-state index contributed by atoms with van der Waals surface area (Å²) >= 11 is 0. The number of hydrogen-bond acceptors (Lipinski definition) is 5. The molecule has 0 aliphatic carbocycles. The predicted molar refractivity (Wildman–Crippen MR) is 187 cm³/mol.